The number of thiophene rings is 1. The molecule has 0 radical (unpaired) electrons. The second kappa shape index (κ2) is 7.84. The van der Waals surface area contributed by atoms with Crippen molar-refractivity contribution in [3.63, 3.8) is 0 Å². The van der Waals surface area contributed by atoms with Crippen LogP contribution in [0.4, 0.5) is 5.00 Å². The summed E-state index contributed by atoms with van der Waals surface area (Å²) in [4.78, 5) is 25.1. The van der Waals surface area contributed by atoms with Gasteiger partial charge in [-0.25, -0.2) is 0 Å². The molecule has 0 aliphatic rings. The first-order chi connectivity index (χ1) is 14.0. The highest BCUT2D eigenvalue weighted by atomic mass is 32.2. The third-order valence-electron chi connectivity index (χ3n) is 4.69. The monoisotopic (exact) mass is 425 g/mol. The van der Waals surface area contributed by atoms with E-state index < -0.39 is 5.91 Å². The molecule has 0 saturated carbocycles. The van der Waals surface area contributed by atoms with Gasteiger partial charge in [-0.3, -0.25) is 14.0 Å². The first-order valence-corrected chi connectivity index (χ1v) is 10.8. The van der Waals surface area contributed by atoms with Crippen molar-refractivity contribution in [2.45, 2.75) is 25.4 Å². The van der Waals surface area contributed by atoms with Gasteiger partial charge in [0.15, 0.2) is 10.8 Å². The minimum absolute atomic E-state index is 0.167. The van der Waals surface area contributed by atoms with E-state index >= 15 is 0 Å². The Bertz CT molecular complexity index is 1240. The summed E-state index contributed by atoms with van der Waals surface area (Å²) in [5.41, 5.74) is 8.46. The SMILES string of the molecule is Cc1sc(NC(=O)CCSc2nnc3ccc4ccccc4n23)c(C(N)=O)c1C. The Kier molecular flexibility index (Phi) is 5.25. The number of fused-ring (bicyclic) bond motifs is 3. The highest BCUT2D eigenvalue weighted by Crippen LogP contribution is 2.32. The number of amides is 2. The fraction of sp³-hybridized carbons (Fsp3) is 0.200. The van der Waals surface area contributed by atoms with Crippen LogP contribution in [0.15, 0.2) is 41.6 Å². The summed E-state index contributed by atoms with van der Waals surface area (Å²) >= 11 is 2.84. The number of aryl methyl sites for hydroxylation is 1. The molecule has 29 heavy (non-hydrogen) atoms. The minimum Gasteiger partial charge on any atom is -0.365 e. The Morgan fingerprint density at radius 3 is 2.76 bits per heavy atom. The predicted octanol–water partition coefficient (Wildman–Crippen LogP) is 3.78. The molecular weight excluding hydrogens is 406 g/mol. The molecular formula is C20H19N5O2S2. The summed E-state index contributed by atoms with van der Waals surface area (Å²) in [6.45, 7) is 3.73. The van der Waals surface area contributed by atoms with E-state index in [1.165, 1.54) is 23.1 Å². The van der Waals surface area contributed by atoms with Gasteiger partial charge in [-0.2, -0.15) is 0 Å². The van der Waals surface area contributed by atoms with E-state index in [1.807, 2.05) is 54.6 Å². The fourth-order valence-electron chi connectivity index (χ4n) is 3.14. The summed E-state index contributed by atoms with van der Waals surface area (Å²) in [5.74, 6) is -0.163. The fourth-order valence-corrected chi connectivity index (χ4v) is 5.11. The zero-order valence-corrected chi connectivity index (χ0v) is 17.6. The quantitative estimate of drug-likeness (QED) is 0.458. The van der Waals surface area contributed by atoms with Crippen LogP contribution in [0, 0.1) is 13.8 Å². The molecule has 4 aromatic rings. The van der Waals surface area contributed by atoms with Crippen molar-refractivity contribution in [1.29, 1.82) is 0 Å². The molecule has 3 heterocycles. The Balaban J connectivity index is 1.46. The first-order valence-electron chi connectivity index (χ1n) is 9.01. The van der Waals surface area contributed by atoms with Gasteiger partial charge in [-0.15, -0.1) is 21.5 Å². The number of anilines is 1. The molecule has 2 amide bonds. The number of benzene rings is 1. The summed E-state index contributed by atoms with van der Waals surface area (Å²) < 4.78 is 2.00. The van der Waals surface area contributed by atoms with E-state index in [1.54, 1.807) is 0 Å². The summed E-state index contributed by atoms with van der Waals surface area (Å²) in [6, 6.07) is 12.0. The van der Waals surface area contributed by atoms with Gasteiger partial charge in [0.25, 0.3) is 5.91 Å². The van der Waals surface area contributed by atoms with Crippen molar-refractivity contribution in [3.05, 3.63) is 52.4 Å². The molecule has 0 fully saturated rings. The lowest BCUT2D eigenvalue weighted by atomic mass is 10.1. The van der Waals surface area contributed by atoms with Gasteiger partial charge in [-0.05, 0) is 43.0 Å². The number of nitrogens with one attached hydrogen (secondary N) is 1. The standard InChI is InChI=1S/C20H19N5O2S2/c1-11-12(2)29-19(17(11)18(21)27)22-16(26)9-10-28-20-24-23-15-8-7-13-5-3-4-6-14(13)25(15)20/h3-8H,9-10H2,1-2H3,(H2,21,27)(H,22,26). The lowest BCUT2D eigenvalue weighted by molar-refractivity contribution is -0.115. The first kappa shape index (κ1) is 19.4. The number of hydrogen-bond donors (Lipinski definition) is 2. The van der Waals surface area contributed by atoms with Crippen LogP contribution in [0.2, 0.25) is 0 Å². The molecule has 0 bridgehead atoms. The van der Waals surface area contributed by atoms with Crippen molar-refractivity contribution >= 4 is 56.5 Å². The van der Waals surface area contributed by atoms with Crippen LogP contribution >= 0.6 is 23.1 Å². The Labute approximate surface area is 175 Å². The number of pyridine rings is 1. The number of nitrogens with zero attached hydrogens (tertiary/aromatic N) is 3. The minimum atomic E-state index is -0.529. The van der Waals surface area contributed by atoms with Gasteiger partial charge in [-0.1, -0.05) is 30.0 Å². The molecule has 0 aliphatic heterocycles. The molecule has 4 rings (SSSR count). The largest absolute Gasteiger partial charge is 0.365 e. The number of nitrogens with two attached hydrogens (primary N) is 1. The highest BCUT2D eigenvalue weighted by Gasteiger charge is 2.19. The van der Waals surface area contributed by atoms with Crippen LogP contribution in [-0.2, 0) is 4.79 Å². The van der Waals surface area contributed by atoms with E-state index in [9.17, 15) is 9.59 Å². The van der Waals surface area contributed by atoms with Crippen LogP contribution in [-0.4, -0.2) is 32.2 Å². The third kappa shape index (κ3) is 3.70. The molecule has 0 spiro atoms. The Morgan fingerprint density at radius 2 is 1.97 bits per heavy atom. The summed E-state index contributed by atoms with van der Waals surface area (Å²) in [6.07, 6.45) is 0.276. The number of rotatable bonds is 6. The average Bonchev–Trinajstić information content (AvgIpc) is 3.23. The number of para-hydroxylation sites is 1. The van der Waals surface area contributed by atoms with Gasteiger partial charge < -0.3 is 11.1 Å². The van der Waals surface area contributed by atoms with Crippen molar-refractivity contribution in [2.24, 2.45) is 5.73 Å². The summed E-state index contributed by atoms with van der Waals surface area (Å²) in [5, 5.41) is 13.7. The molecule has 3 aromatic heterocycles. The number of carbonyl (C=O) groups excluding carboxylic acids is 2. The lowest BCUT2D eigenvalue weighted by Crippen LogP contribution is -2.17. The van der Waals surface area contributed by atoms with Crippen LogP contribution in [0.25, 0.3) is 16.6 Å². The predicted molar refractivity (Wildman–Crippen MR) is 117 cm³/mol. The van der Waals surface area contributed by atoms with Crippen LogP contribution in [0.1, 0.15) is 27.2 Å². The molecule has 7 nitrogen and oxygen atoms in total. The molecule has 0 saturated heterocycles. The van der Waals surface area contributed by atoms with Crippen molar-refractivity contribution in [1.82, 2.24) is 14.6 Å². The highest BCUT2D eigenvalue weighted by molar-refractivity contribution is 7.99. The van der Waals surface area contributed by atoms with Gasteiger partial charge in [0.2, 0.25) is 5.91 Å². The maximum Gasteiger partial charge on any atom is 0.251 e. The second-order valence-electron chi connectivity index (χ2n) is 6.57. The number of hydrogen-bond acceptors (Lipinski definition) is 6. The van der Waals surface area contributed by atoms with Gasteiger partial charge in [0.05, 0.1) is 11.1 Å². The topological polar surface area (TPSA) is 102 Å². The lowest BCUT2D eigenvalue weighted by Gasteiger charge is -2.06. The smallest absolute Gasteiger partial charge is 0.251 e. The molecule has 9 heteroatoms. The average molecular weight is 426 g/mol. The Morgan fingerprint density at radius 1 is 1.17 bits per heavy atom. The van der Waals surface area contributed by atoms with Crippen molar-refractivity contribution in [3.8, 4) is 0 Å². The van der Waals surface area contributed by atoms with Crippen LogP contribution in [0.3, 0.4) is 0 Å². The van der Waals surface area contributed by atoms with Gasteiger partial charge in [0, 0.05) is 17.1 Å². The summed E-state index contributed by atoms with van der Waals surface area (Å²) in [7, 11) is 0. The molecule has 0 unspecified atom stereocenters. The Hall–Kier alpha value is -2.91. The molecule has 1 aromatic carbocycles. The van der Waals surface area contributed by atoms with E-state index in [4.69, 9.17) is 5.73 Å². The molecule has 0 atom stereocenters. The molecule has 0 aliphatic carbocycles. The van der Waals surface area contributed by atoms with E-state index in [0.29, 0.717) is 16.3 Å². The number of thioether (sulfide) groups is 1. The van der Waals surface area contributed by atoms with Gasteiger partial charge >= 0.3 is 0 Å². The number of primary amides is 1. The van der Waals surface area contributed by atoms with Crippen molar-refractivity contribution < 1.29 is 9.59 Å². The van der Waals surface area contributed by atoms with E-state index in [-0.39, 0.29) is 12.3 Å². The zero-order valence-electron chi connectivity index (χ0n) is 15.9. The normalized spacial score (nSPS) is 11.2. The van der Waals surface area contributed by atoms with Crippen LogP contribution < -0.4 is 11.1 Å². The third-order valence-corrected chi connectivity index (χ3v) is 6.75. The molecule has 3 N–H and O–H groups in total. The molecule has 148 valence electrons. The van der Waals surface area contributed by atoms with E-state index in [0.717, 1.165) is 32.1 Å². The second-order valence-corrected chi connectivity index (χ2v) is 8.85. The van der Waals surface area contributed by atoms with Crippen molar-refractivity contribution in [2.75, 3.05) is 11.1 Å². The van der Waals surface area contributed by atoms with E-state index in [2.05, 4.69) is 15.5 Å². The number of carbonyl (C=O) groups is 2. The van der Waals surface area contributed by atoms with Crippen LogP contribution in [0.5, 0.6) is 0 Å². The number of aromatic nitrogens is 3. The zero-order chi connectivity index (χ0) is 20.5. The maximum absolute atomic E-state index is 12.4. The maximum atomic E-state index is 12.4. The van der Waals surface area contributed by atoms with Gasteiger partial charge in [0.1, 0.15) is 5.00 Å².